The number of hydrogen-bond donors (Lipinski definition) is 2. The highest BCUT2D eigenvalue weighted by Gasteiger charge is 2.59. The van der Waals surface area contributed by atoms with Gasteiger partial charge in [0, 0.05) is 23.5 Å². The Morgan fingerprint density at radius 2 is 1.79 bits per heavy atom. The van der Waals surface area contributed by atoms with Crippen LogP contribution in [0.15, 0.2) is 48.5 Å². The molecule has 4 amide bonds. The second kappa shape index (κ2) is 7.20. The number of para-hydroxylation sites is 2. The highest BCUT2D eigenvalue weighted by molar-refractivity contribution is 6.25. The number of aromatic nitrogens is 1. The Balaban J connectivity index is 1.42. The monoisotopic (exact) mass is 442 g/mol. The summed E-state index contributed by atoms with van der Waals surface area (Å²) in [6, 6.07) is 14.6. The number of amides is 4. The number of carbonyl (C=O) groups excluding carboxylic acids is 3. The second-order valence-electron chi connectivity index (χ2n) is 9.39. The maximum absolute atomic E-state index is 13.9. The zero-order chi connectivity index (χ0) is 22.7. The van der Waals surface area contributed by atoms with Gasteiger partial charge in [0.15, 0.2) is 5.54 Å². The molecule has 7 nitrogen and oxygen atoms in total. The van der Waals surface area contributed by atoms with Crippen molar-refractivity contribution in [2.75, 3.05) is 11.4 Å². The number of H-pyrrole nitrogens is 1. The average molecular weight is 443 g/mol. The summed E-state index contributed by atoms with van der Waals surface area (Å²) in [6.07, 6.45) is 4.81. The van der Waals surface area contributed by atoms with Crippen molar-refractivity contribution in [2.45, 2.75) is 50.6 Å². The van der Waals surface area contributed by atoms with Crippen molar-refractivity contribution in [3.63, 3.8) is 0 Å². The third-order valence-corrected chi connectivity index (χ3v) is 7.55. The summed E-state index contributed by atoms with van der Waals surface area (Å²) in [5.41, 5.74) is 2.37. The summed E-state index contributed by atoms with van der Waals surface area (Å²) in [5.74, 6) is -0.569. The van der Waals surface area contributed by atoms with Gasteiger partial charge in [0.25, 0.3) is 11.8 Å². The number of nitrogens with zero attached hydrogens (tertiary/aromatic N) is 2. The topological polar surface area (TPSA) is 85.5 Å². The first-order valence-corrected chi connectivity index (χ1v) is 11.7. The predicted octanol–water partition coefficient (Wildman–Crippen LogP) is 4.08. The molecule has 2 aromatic carbocycles. The van der Waals surface area contributed by atoms with E-state index in [1.54, 1.807) is 29.2 Å². The molecule has 3 aliphatic rings. The minimum Gasteiger partial charge on any atom is -0.356 e. The predicted molar refractivity (Wildman–Crippen MR) is 125 cm³/mol. The summed E-state index contributed by atoms with van der Waals surface area (Å²) in [7, 11) is 0. The number of aromatic amines is 1. The van der Waals surface area contributed by atoms with Crippen LogP contribution >= 0.6 is 0 Å². The zero-order valence-corrected chi connectivity index (χ0v) is 18.6. The Labute approximate surface area is 191 Å². The van der Waals surface area contributed by atoms with Gasteiger partial charge in [-0.3, -0.25) is 9.59 Å². The van der Waals surface area contributed by atoms with Gasteiger partial charge in [-0.05, 0) is 49.9 Å². The van der Waals surface area contributed by atoms with Crippen LogP contribution in [0.3, 0.4) is 0 Å². The summed E-state index contributed by atoms with van der Waals surface area (Å²) in [4.78, 5) is 46.9. The van der Waals surface area contributed by atoms with Crippen LogP contribution in [-0.4, -0.2) is 40.3 Å². The van der Waals surface area contributed by atoms with Crippen LogP contribution in [0.25, 0.3) is 10.9 Å². The standard InChI is InChI=1S/C26H26N4O3/c1-26-22-18(17-10-4-6-12-20(17)28-22)14-15-29(26)25(33)30(24(26)32)21-13-7-5-11-19(21)23(31)27-16-8-2-3-9-16/h4-7,10-13,16,28H,2-3,8-9,14-15H2,1H3,(H,27,31)/t26-/m0/s1. The van der Waals surface area contributed by atoms with Gasteiger partial charge in [-0.2, -0.15) is 0 Å². The molecule has 1 saturated carbocycles. The molecule has 0 spiro atoms. The van der Waals surface area contributed by atoms with Gasteiger partial charge in [-0.1, -0.05) is 43.2 Å². The SMILES string of the molecule is C[C@]12C(=O)N(c3ccccc3C(=O)NC3CCCC3)C(=O)N1CCc1c2[nH]c2ccccc12. The Kier molecular flexibility index (Phi) is 4.37. The van der Waals surface area contributed by atoms with E-state index < -0.39 is 5.54 Å². The molecule has 1 aromatic heterocycles. The van der Waals surface area contributed by atoms with Gasteiger partial charge in [0.2, 0.25) is 0 Å². The van der Waals surface area contributed by atoms with Crippen LogP contribution in [-0.2, 0) is 16.8 Å². The zero-order valence-electron chi connectivity index (χ0n) is 18.6. The Morgan fingerprint density at radius 3 is 2.61 bits per heavy atom. The maximum Gasteiger partial charge on any atom is 0.332 e. The number of anilines is 1. The highest BCUT2D eigenvalue weighted by atomic mass is 16.2. The lowest BCUT2D eigenvalue weighted by Crippen LogP contribution is -2.49. The number of hydrogen-bond acceptors (Lipinski definition) is 3. The number of rotatable bonds is 3. The van der Waals surface area contributed by atoms with Crippen molar-refractivity contribution < 1.29 is 14.4 Å². The quantitative estimate of drug-likeness (QED) is 0.600. The Morgan fingerprint density at radius 1 is 1.06 bits per heavy atom. The number of carbonyl (C=O) groups is 3. The molecular formula is C26H26N4O3. The molecule has 2 aliphatic heterocycles. The lowest BCUT2D eigenvalue weighted by molar-refractivity contribution is -0.125. The van der Waals surface area contributed by atoms with Gasteiger partial charge >= 0.3 is 6.03 Å². The van der Waals surface area contributed by atoms with Crippen molar-refractivity contribution in [3.8, 4) is 0 Å². The molecule has 1 aliphatic carbocycles. The van der Waals surface area contributed by atoms with Crippen LogP contribution in [0, 0.1) is 0 Å². The van der Waals surface area contributed by atoms with E-state index in [4.69, 9.17) is 0 Å². The van der Waals surface area contributed by atoms with Crippen molar-refractivity contribution in [1.82, 2.24) is 15.2 Å². The summed E-state index contributed by atoms with van der Waals surface area (Å²) >= 11 is 0. The minimum atomic E-state index is -1.14. The van der Waals surface area contributed by atoms with Gasteiger partial charge in [0.1, 0.15) is 0 Å². The fourth-order valence-electron chi connectivity index (χ4n) is 5.80. The molecular weight excluding hydrogens is 416 g/mol. The molecule has 1 atom stereocenters. The second-order valence-corrected chi connectivity index (χ2v) is 9.39. The number of fused-ring (bicyclic) bond motifs is 5. The fourth-order valence-corrected chi connectivity index (χ4v) is 5.80. The molecule has 0 unspecified atom stereocenters. The van der Waals surface area contributed by atoms with E-state index >= 15 is 0 Å². The van der Waals surface area contributed by atoms with E-state index in [1.807, 2.05) is 31.2 Å². The van der Waals surface area contributed by atoms with E-state index in [1.165, 1.54) is 4.90 Å². The lowest BCUT2D eigenvalue weighted by Gasteiger charge is -2.35. The third kappa shape index (κ3) is 2.78. The molecule has 6 rings (SSSR count). The maximum atomic E-state index is 13.9. The molecule has 7 heteroatoms. The summed E-state index contributed by atoms with van der Waals surface area (Å²) in [6.45, 7) is 2.25. The lowest BCUT2D eigenvalue weighted by atomic mass is 9.87. The first-order chi connectivity index (χ1) is 16.0. The molecule has 3 aromatic rings. The number of benzene rings is 2. The first-order valence-electron chi connectivity index (χ1n) is 11.7. The highest BCUT2D eigenvalue weighted by Crippen LogP contribution is 2.45. The van der Waals surface area contributed by atoms with E-state index in [0.717, 1.165) is 47.8 Å². The first kappa shape index (κ1) is 20.0. The van der Waals surface area contributed by atoms with Crippen LogP contribution in [0.2, 0.25) is 0 Å². The summed E-state index contributed by atoms with van der Waals surface area (Å²) < 4.78 is 0. The molecule has 33 heavy (non-hydrogen) atoms. The van der Waals surface area contributed by atoms with Gasteiger partial charge in [-0.15, -0.1) is 0 Å². The van der Waals surface area contributed by atoms with Crippen LogP contribution in [0.4, 0.5) is 10.5 Å². The normalized spacial score (nSPS) is 22.7. The number of nitrogens with one attached hydrogen (secondary N) is 2. The number of urea groups is 1. The largest absolute Gasteiger partial charge is 0.356 e. The molecule has 2 fully saturated rings. The van der Waals surface area contributed by atoms with Crippen molar-refractivity contribution >= 4 is 34.4 Å². The smallest absolute Gasteiger partial charge is 0.332 e. The Bertz CT molecular complexity index is 1310. The number of imide groups is 1. The van der Waals surface area contributed by atoms with E-state index in [0.29, 0.717) is 24.2 Å². The molecule has 1 saturated heterocycles. The van der Waals surface area contributed by atoms with Crippen LogP contribution in [0.5, 0.6) is 0 Å². The van der Waals surface area contributed by atoms with Gasteiger partial charge < -0.3 is 15.2 Å². The van der Waals surface area contributed by atoms with Gasteiger partial charge in [-0.25, -0.2) is 9.69 Å². The molecule has 168 valence electrons. The van der Waals surface area contributed by atoms with Crippen molar-refractivity contribution in [2.24, 2.45) is 0 Å². The average Bonchev–Trinajstić information content (AvgIpc) is 3.51. The van der Waals surface area contributed by atoms with E-state index in [-0.39, 0.29) is 23.9 Å². The van der Waals surface area contributed by atoms with E-state index in [2.05, 4.69) is 10.3 Å². The molecule has 0 radical (unpaired) electrons. The minimum absolute atomic E-state index is 0.147. The van der Waals surface area contributed by atoms with E-state index in [9.17, 15) is 14.4 Å². The Hall–Kier alpha value is -3.61. The van der Waals surface area contributed by atoms with Gasteiger partial charge in [0.05, 0.1) is 16.9 Å². The summed E-state index contributed by atoms with van der Waals surface area (Å²) in [5, 5.41) is 4.17. The fraction of sp³-hybridized carbons (Fsp3) is 0.346. The van der Waals surface area contributed by atoms with Crippen molar-refractivity contribution in [1.29, 1.82) is 0 Å². The molecule has 0 bridgehead atoms. The van der Waals surface area contributed by atoms with Crippen LogP contribution in [0.1, 0.15) is 54.2 Å². The van der Waals surface area contributed by atoms with Crippen LogP contribution < -0.4 is 10.2 Å². The molecule has 2 N–H and O–H groups in total. The third-order valence-electron chi connectivity index (χ3n) is 7.55. The molecule has 3 heterocycles. The van der Waals surface area contributed by atoms with Crippen molar-refractivity contribution in [3.05, 3.63) is 65.4 Å².